The lowest BCUT2D eigenvalue weighted by atomic mass is 9.96. The van der Waals surface area contributed by atoms with Crippen molar-refractivity contribution in [2.75, 3.05) is 6.54 Å². The molecule has 2 aliphatic rings. The van der Waals surface area contributed by atoms with Gasteiger partial charge in [-0.2, -0.15) is 0 Å². The smallest absolute Gasteiger partial charge is 0.426 e. The zero-order valence-corrected chi connectivity index (χ0v) is 21.6. The number of benzene rings is 1. The van der Waals surface area contributed by atoms with Crippen LogP contribution < -0.4 is 10.7 Å². The molecule has 3 rings (SSSR count). The van der Waals surface area contributed by atoms with E-state index in [1.807, 2.05) is 32.0 Å². The summed E-state index contributed by atoms with van der Waals surface area (Å²) < 4.78 is 5.70. The number of carbonyl (C=O) groups excluding carboxylic acids is 3. The van der Waals surface area contributed by atoms with E-state index < -0.39 is 29.9 Å². The number of carbonyl (C=O) groups is 4. The van der Waals surface area contributed by atoms with Crippen molar-refractivity contribution >= 4 is 35.5 Å². The standard InChI is InChI=1S/C26H36ClN3O6/c1-16(2)9-10-23(31)30(21(25(33)34)15-19-11-12-28-24(19)32)29-26(35)36-22-8-4-6-18(22)13-17-5-3-7-20(27)14-17/h3,5,7,14,16,18-19,21-22H,4,6,8-13,15H2,1-2H3,(H,28,32)(H,29,35)(H,33,34)/t18?,19?,21-,22?/m0/s1. The molecule has 0 bridgehead atoms. The van der Waals surface area contributed by atoms with Gasteiger partial charge in [-0.3, -0.25) is 9.59 Å². The maximum absolute atomic E-state index is 13.0. The van der Waals surface area contributed by atoms with Gasteiger partial charge in [-0.25, -0.2) is 20.0 Å². The Bertz CT molecular complexity index is 955. The highest BCUT2D eigenvalue weighted by molar-refractivity contribution is 6.30. The highest BCUT2D eigenvalue weighted by Crippen LogP contribution is 2.32. The number of amides is 3. The van der Waals surface area contributed by atoms with E-state index >= 15 is 0 Å². The summed E-state index contributed by atoms with van der Waals surface area (Å²) in [4.78, 5) is 50.2. The lowest BCUT2D eigenvalue weighted by Gasteiger charge is -2.31. The fraction of sp³-hybridized carbons (Fsp3) is 0.615. The molecule has 1 aliphatic carbocycles. The second-order valence-electron chi connectivity index (χ2n) is 10.1. The molecule has 0 radical (unpaired) electrons. The molecule has 36 heavy (non-hydrogen) atoms. The van der Waals surface area contributed by atoms with E-state index in [0.717, 1.165) is 23.4 Å². The van der Waals surface area contributed by atoms with Crippen LogP contribution in [0, 0.1) is 17.8 Å². The molecule has 1 aromatic rings. The van der Waals surface area contributed by atoms with Crippen LogP contribution in [0.5, 0.6) is 0 Å². The first kappa shape index (κ1) is 27.8. The Balaban J connectivity index is 1.69. The number of carboxylic acid groups (broad SMARTS) is 1. The number of aliphatic carboxylic acids is 1. The van der Waals surface area contributed by atoms with Crippen LogP contribution in [0.4, 0.5) is 4.79 Å². The number of rotatable bonds is 10. The summed E-state index contributed by atoms with van der Waals surface area (Å²) in [7, 11) is 0. The largest absolute Gasteiger partial charge is 0.480 e. The number of nitrogens with one attached hydrogen (secondary N) is 2. The van der Waals surface area contributed by atoms with Crippen LogP contribution in [0.15, 0.2) is 24.3 Å². The minimum atomic E-state index is -1.38. The van der Waals surface area contributed by atoms with Crippen LogP contribution in [-0.4, -0.2) is 52.7 Å². The number of hydrogen-bond donors (Lipinski definition) is 3. The predicted molar refractivity (Wildman–Crippen MR) is 134 cm³/mol. The Morgan fingerprint density at radius 1 is 1.25 bits per heavy atom. The zero-order chi connectivity index (χ0) is 26.2. The van der Waals surface area contributed by atoms with Crippen LogP contribution in [-0.2, 0) is 25.5 Å². The molecular formula is C26H36ClN3O6. The molecule has 1 saturated carbocycles. The zero-order valence-electron chi connectivity index (χ0n) is 20.9. The number of halogens is 1. The summed E-state index contributed by atoms with van der Waals surface area (Å²) in [5.74, 6) is -2.27. The van der Waals surface area contributed by atoms with Gasteiger partial charge in [-0.05, 0) is 68.6 Å². The topological polar surface area (TPSA) is 125 Å². The number of hydrazine groups is 1. The van der Waals surface area contributed by atoms with E-state index in [1.54, 1.807) is 6.07 Å². The monoisotopic (exact) mass is 521 g/mol. The molecule has 0 aromatic heterocycles. The molecule has 1 heterocycles. The van der Waals surface area contributed by atoms with Crippen molar-refractivity contribution in [3.05, 3.63) is 34.9 Å². The predicted octanol–water partition coefficient (Wildman–Crippen LogP) is 3.94. The van der Waals surface area contributed by atoms with Crippen LogP contribution in [0.25, 0.3) is 0 Å². The van der Waals surface area contributed by atoms with Gasteiger partial charge in [0.25, 0.3) is 0 Å². The summed E-state index contributed by atoms with van der Waals surface area (Å²) >= 11 is 6.10. The Labute approximate surface area is 216 Å². The number of hydrogen-bond acceptors (Lipinski definition) is 5. The third kappa shape index (κ3) is 7.85. The molecular weight excluding hydrogens is 486 g/mol. The fourth-order valence-corrected chi connectivity index (χ4v) is 5.14. The lowest BCUT2D eigenvalue weighted by molar-refractivity contribution is -0.154. The fourth-order valence-electron chi connectivity index (χ4n) is 4.92. The van der Waals surface area contributed by atoms with Crippen LogP contribution in [0.2, 0.25) is 5.02 Å². The Hall–Kier alpha value is -2.81. The van der Waals surface area contributed by atoms with Gasteiger partial charge in [-0.15, -0.1) is 0 Å². The molecule has 1 aliphatic heterocycles. The van der Waals surface area contributed by atoms with Gasteiger partial charge < -0.3 is 15.2 Å². The number of nitrogens with zero attached hydrogens (tertiary/aromatic N) is 1. The van der Waals surface area contributed by atoms with Gasteiger partial charge >= 0.3 is 12.1 Å². The average Bonchev–Trinajstić information content (AvgIpc) is 3.42. The van der Waals surface area contributed by atoms with Gasteiger partial charge in [0.15, 0.2) is 6.04 Å². The average molecular weight is 522 g/mol. The molecule has 2 fully saturated rings. The van der Waals surface area contributed by atoms with E-state index in [1.165, 1.54) is 0 Å². The quantitative estimate of drug-likeness (QED) is 0.400. The van der Waals surface area contributed by atoms with Crippen molar-refractivity contribution in [2.24, 2.45) is 17.8 Å². The van der Waals surface area contributed by atoms with Crippen molar-refractivity contribution < 1.29 is 29.0 Å². The molecule has 3 amide bonds. The van der Waals surface area contributed by atoms with E-state index in [-0.39, 0.29) is 36.7 Å². The molecule has 0 spiro atoms. The third-order valence-electron chi connectivity index (χ3n) is 6.92. The molecule has 4 atom stereocenters. The number of ether oxygens (including phenoxy) is 1. The van der Waals surface area contributed by atoms with E-state index in [4.69, 9.17) is 16.3 Å². The summed E-state index contributed by atoms with van der Waals surface area (Å²) in [6.07, 6.45) is 2.94. The highest BCUT2D eigenvalue weighted by Gasteiger charge is 2.38. The molecule has 1 saturated heterocycles. The van der Waals surface area contributed by atoms with Gasteiger partial charge in [-0.1, -0.05) is 37.6 Å². The van der Waals surface area contributed by atoms with E-state index in [0.29, 0.717) is 37.3 Å². The van der Waals surface area contributed by atoms with Gasteiger partial charge in [0.2, 0.25) is 11.8 Å². The summed E-state index contributed by atoms with van der Waals surface area (Å²) in [6, 6.07) is 6.18. The van der Waals surface area contributed by atoms with Crippen molar-refractivity contribution in [1.82, 2.24) is 15.8 Å². The molecule has 198 valence electrons. The summed E-state index contributed by atoms with van der Waals surface area (Å²) in [6.45, 7) is 4.37. The summed E-state index contributed by atoms with van der Waals surface area (Å²) in [5, 5.41) is 14.1. The van der Waals surface area contributed by atoms with Crippen LogP contribution in [0.1, 0.15) is 64.4 Å². The molecule has 3 unspecified atom stereocenters. The van der Waals surface area contributed by atoms with Gasteiger partial charge in [0.05, 0.1) is 0 Å². The van der Waals surface area contributed by atoms with Gasteiger partial charge in [0, 0.05) is 29.8 Å². The molecule has 3 N–H and O–H groups in total. The Kier molecular flexibility index (Phi) is 9.98. The summed E-state index contributed by atoms with van der Waals surface area (Å²) in [5.41, 5.74) is 3.47. The molecule has 1 aromatic carbocycles. The first-order valence-corrected chi connectivity index (χ1v) is 13.1. The first-order chi connectivity index (χ1) is 17.1. The van der Waals surface area contributed by atoms with Crippen LogP contribution in [0.3, 0.4) is 0 Å². The van der Waals surface area contributed by atoms with Crippen molar-refractivity contribution in [3.63, 3.8) is 0 Å². The molecule has 9 nitrogen and oxygen atoms in total. The van der Waals surface area contributed by atoms with Crippen molar-refractivity contribution in [2.45, 2.75) is 77.4 Å². The Morgan fingerprint density at radius 2 is 2.03 bits per heavy atom. The number of carboxylic acids is 1. The van der Waals surface area contributed by atoms with Crippen molar-refractivity contribution in [1.29, 1.82) is 0 Å². The first-order valence-electron chi connectivity index (χ1n) is 12.7. The minimum absolute atomic E-state index is 0.0689. The maximum atomic E-state index is 13.0. The molecule has 10 heteroatoms. The minimum Gasteiger partial charge on any atom is -0.480 e. The second-order valence-corrected chi connectivity index (χ2v) is 10.6. The lowest BCUT2D eigenvalue weighted by Crippen LogP contribution is -2.56. The van der Waals surface area contributed by atoms with E-state index in [2.05, 4.69) is 10.7 Å². The SMILES string of the molecule is CC(C)CCC(=O)N(NC(=O)OC1CCCC1Cc1cccc(Cl)c1)[C@@H](CC1CCNC1=O)C(=O)O. The normalized spacial score (nSPS) is 22.2. The van der Waals surface area contributed by atoms with Gasteiger partial charge in [0.1, 0.15) is 6.10 Å². The van der Waals surface area contributed by atoms with E-state index in [9.17, 15) is 24.3 Å². The third-order valence-corrected chi connectivity index (χ3v) is 7.15. The Morgan fingerprint density at radius 3 is 2.67 bits per heavy atom. The maximum Gasteiger partial charge on any atom is 0.426 e. The van der Waals surface area contributed by atoms with Crippen LogP contribution >= 0.6 is 11.6 Å². The highest BCUT2D eigenvalue weighted by atomic mass is 35.5. The second kappa shape index (κ2) is 12.9. The van der Waals surface area contributed by atoms with Crippen molar-refractivity contribution in [3.8, 4) is 0 Å².